The summed E-state index contributed by atoms with van der Waals surface area (Å²) in [4.78, 5) is 12.1. The molecule has 0 fully saturated rings. The Morgan fingerprint density at radius 3 is 2.47 bits per heavy atom. The number of rotatable bonds is 4. The molecule has 0 bridgehead atoms. The van der Waals surface area contributed by atoms with Gasteiger partial charge in [0.2, 0.25) is 0 Å². The largest absolute Gasteiger partial charge is 0.481 e. The summed E-state index contributed by atoms with van der Waals surface area (Å²) in [5.74, 6) is -1.29. The van der Waals surface area contributed by atoms with Crippen molar-refractivity contribution in [3.05, 3.63) is 21.9 Å². The lowest BCUT2D eigenvalue weighted by molar-refractivity contribution is -0.144. The molecule has 1 aromatic rings. The van der Waals surface area contributed by atoms with Crippen molar-refractivity contribution in [1.29, 1.82) is 0 Å². The predicted octanol–water partition coefficient (Wildman–Crippen LogP) is 2.41. The molecule has 0 radical (unpaired) electrons. The van der Waals surface area contributed by atoms with Gasteiger partial charge in [0.05, 0.1) is 12.0 Å². The van der Waals surface area contributed by atoms with Crippen LogP contribution in [0.4, 0.5) is 0 Å². The van der Waals surface area contributed by atoms with E-state index in [4.69, 9.17) is 10.8 Å². The van der Waals surface area contributed by atoms with Gasteiger partial charge in [-0.1, -0.05) is 13.8 Å². The predicted molar refractivity (Wildman–Crippen MR) is 61.9 cm³/mol. The SMILES string of the molecule is Cc1ccsc1C(N)C(C(=O)O)C(C)C. The Balaban J connectivity index is 2.96. The van der Waals surface area contributed by atoms with Crippen molar-refractivity contribution in [3.63, 3.8) is 0 Å². The van der Waals surface area contributed by atoms with Crippen molar-refractivity contribution in [1.82, 2.24) is 0 Å². The van der Waals surface area contributed by atoms with Crippen LogP contribution in [0.25, 0.3) is 0 Å². The lowest BCUT2D eigenvalue weighted by Gasteiger charge is -2.23. The third-order valence-corrected chi connectivity index (χ3v) is 3.71. The first-order chi connectivity index (χ1) is 6.95. The van der Waals surface area contributed by atoms with Crippen LogP contribution in [0.3, 0.4) is 0 Å². The molecule has 0 saturated carbocycles. The minimum Gasteiger partial charge on any atom is -0.481 e. The molecular weight excluding hydrogens is 210 g/mol. The van der Waals surface area contributed by atoms with E-state index < -0.39 is 17.9 Å². The maximum absolute atomic E-state index is 11.1. The molecule has 1 aromatic heterocycles. The van der Waals surface area contributed by atoms with E-state index in [0.717, 1.165) is 10.4 Å². The molecule has 1 heterocycles. The maximum atomic E-state index is 11.1. The highest BCUT2D eigenvalue weighted by molar-refractivity contribution is 7.10. The summed E-state index contributed by atoms with van der Waals surface area (Å²) < 4.78 is 0. The quantitative estimate of drug-likeness (QED) is 0.830. The van der Waals surface area contributed by atoms with Crippen LogP contribution in [0.1, 0.15) is 30.3 Å². The van der Waals surface area contributed by atoms with Gasteiger partial charge in [-0.05, 0) is 29.9 Å². The number of nitrogens with two attached hydrogens (primary N) is 1. The number of carbonyl (C=O) groups is 1. The second kappa shape index (κ2) is 4.77. The van der Waals surface area contributed by atoms with Gasteiger partial charge in [0, 0.05) is 4.88 Å². The molecule has 3 N–H and O–H groups in total. The fourth-order valence-corrected chi connectivity index (χ4v) is 2.72. The molecule has 1 rings (SSSR count). The zero-order chi connectivity index (χ0) is 11.6. The number of aliphatic carboxylic acids is 1. The molecule has 0 aromatic carbocycles. The van der Waals surface area contributed by atoms with Crippen molar-refractivity contribution in [2.45, 2.75) is 26.8 Å². The van der Waals surface area contributed by atoms with Crippen LogP contribution >= 0.6 is 11.3 Å². The summed E-state index contributed by atoms with van der Waals surface area (Å²) >= 11 is 1.53. The molecule has 0 aliphatic heterocycles. The first kappa shape index (κ1) is 12.2. The van der Waals surface area contributed by atoms with Crippen LogP contribution in [0.2, 0.25) is 0 Å². The number of carboxylic acid groups (broad SMARTS) is 1. The molecule has 4 heteroatoms. The first-order valence-corrected chi connectivity index (χ1v) is 5.85. The normalized spacial score (nSPS) is 15.3. The topological polar surface area (TPSA) is 63.3 Å². The molecule has 3 nitrogen and oxygen atoms in total. The van der Waals surface area contributed by atoms with Crippen molar-refractivity contribution < 1.29 is 9.90 Å². The second-order valence-electron chi connectivity index (χ2n) is 4.10. The van der Waals surface area contributed by atoms with Gasteiger partial charge in [0.15, 0.2) is 0 Å². The summed E-state index contributed by atoms with van der Waals surface area (Å²) in [5.41, 5.74) is 7.10. The lowest BCUT2D eigenvalue weighted by Crippen LogP contribution is -2.32. The van der Waals surface area contributed by atoms with Gasteiger partial charge in [-0.25, -0.2) is 0 Å². The Bertz CT molecular complexity index is 346. The van der Waals surface area contributed by atoms with E-state index in [1.807, 2.05) is 32.2 Å². The van der Waals surface area contributed by atoms with Crippen LogP contribution in [0, 0.1) is 18.8 Å². The van der Waals surface area contributed by atoms with E-state index in [-0.39, 0.29) is 5.92 Å². The fraction of sp³-hybridized carbons (Fsp3) is 0.545. The van der Waals surface area contributed by atoms with E-state index in [1.54, 1.807) is 0 Å². The van der Waals surface area contributed by atoms with Gasteiger partial charge in [0.1, 0.15) is 0 Å². The molecule has 2 unspecified atom stereocenters. The maximum Gasteiger partial charge on any atom is 0.308 e. The van der Waals surface area contributed by atoms with Crippen molar-refractivity contribution in [2.75, 3.05) is 0 Å². The van der Waals surface area contributed by atoms with Gasteiger partial charge in [-0.3, -0.25) is 4.79 Å². The van der Waals surface area contributed by atoms with Crippen LogP contribution < -0.4 is 5.73 Å². The molecule has 15 heavy (non-hydrogen) atoms. The van der Waals surface area contributed by atoms with Crippen LogP contribution in [-0.2, 0) is 4.79 Å². The minimum absolute atomic E-state index is 0.0407. The Labute approximate surface area is 93.9 Å². The first-order valence-electron chi connectivity index (χ1n) is 4.97. The van der Waals surface area contributed by atoms with E-state index in [0.29, 0.717) is 0 Å². The Morgan fingerprint density at radius 1 is 1.53 bits per heavy atom. The third kappa shape index (κ3) is 2.58. The van der Waals surface area contributed by atoms with Crippen LogP contribution in [-0.4, -0.2) is 11.1 Å². The zero-order valence-electron chi connectivity index (χ0n) is 9.23. The van der Waals surface area contributed by atoms with Gasteiger partial charge in [-0.15, -0.1) is 11.3 Å². The third-order valence-electron chi connectivity index (χ3n) is 2.59. The Kier molecular flexibility index (Phi) is 3.88. The summed E-state index contributed by atoms with van der Waals surface area (Å²) in [5, 5.41) is 11.1. The second-order valence-corrected chi connectivity index (χ2v) is 5.05. The molecule has 0 aliphatic rings. The average molecular weight is 227 g/mol. The average Bonchev–Trinajstić information content (AvgIpc) is 2.49. The van der Waals surface area contributed by atoms with Gasteiger partial charge >= 0.3 is 5.97 Å². The van der Waals surface area contributed by atoms with E-state index in [2.05, 4.69) is 0 Å². The Hall–Kier alpha value is -0.870. The highest BCUT2D eigenvalue weighted by Crippen LogP contribution is 2.31. The van der Waals surface area contributed by atoms with Gasteiger partial charge in [0.25, 0.3) is 0 Å². The number of hydrogen-bond acceptors (Lipinski definition) is 3. The minimum atomic E-state index is -0.815. The van der Waals surface area contributed by atoms with Crippen molar-refractivity contribution >= 4 is 17.3 Å². The lowest BCUT2D eigenvalue weighted by atomic mass is 9.87. The Morgan fingerprint density at radius 2 is 2.13 bits per heavy atom. The molecule has 0 spiro atoms. The van der Waals surface area contributed by atoms with Gasteiger partial charge < -0.3 is 10.8 Å². The zero-order valence-corrected chi connectivity index (χ0v) is 10.0. The molecule has 84 valence electrons. The number of thiophene rings is 1. The van der Waals surface area contributed by atoms with Crippen molar-refractivity contribution in [2.24, 2.45) is 17.6 Å². The molecule has 0 saturated heterocycles. The molecule has 0 aliphatic carbocycles. The molecule has 0 amide bonds. The van der Waals surface area contributed by atoms with Crippen LogP contribution in [0.5, 0.6) is 0 Å². The highest BCUT2D eigenvalue weighted by Gasteiger charge is 2.30. The summed E-state index contributed by atoms with van der Waals surface area (Å²) in [7, 11) is 0. The number of aryl methyl sites for hydroxylation is 1. The summed E-state index contributed by atoms with van der Waals surface area (Å²) in [6.07, 6.45) is 0. The molecular formula is C11H17NO2S. The smallest absolute Gasteiger partial charge is 0.308 e. The van der Waals surface area contributed by atoms with E-state index in [1.165, 1.54) is 11.3 Å². The standard InChI is InChI=1S/C11H17NO2S/c1-6(2)8(11(13)14)9(12)10-7(3)4-5-15-10/h4-6,8-9H,12H2,1-3H3,(H,13,14). The monoisotopic (exact) mass is 227 g/mol. The van der Waals surface area contributed by atoms with Gasteiger partial charge in [-0.2, -0.15) is 0 Å². The van der Waals surface area contributed by atoms with Crippen LogP contribution in [0.15, 0.2) is 11.4 Å². The summed E-state index contributed by atoms with van der Waals surface area (Å²) in [6, 6.07) is 1.57. The number of hydrogen-bond donors (Lipinski definition) is 2. The summed E-state index contributed by atoms with van der Waals surface area (Å²) in [6.45, 7) is 5.74. The van der Waals surface area contributed by atoms with E-state index >= 15 is 0 Å². The van der Waals surface area contributed by atoms with Crippen molar-refractivity contribution in [3.8, 4) is 0 Å². The molecule has 2 atom stereocenters. The highest BCUT2D eigenvalue weighted by atomic mass is 32.1. The number of carboxylic acids is 1. The fourth-order valence-electron chi connectivity index (χ4n) is 1.74. The van der Waals surface area contributed by atoms with E-state index in [9.17, 15) is 4.79 Å².